The lowest BCUT2D eigenvalue weighted by Crippen LogP contribution is -2.48. The van der Waals surface area contributed by atoms with Crippen molar-refractivity contribution in [3.05, 3.63) is 31.8 Å². The van der Waals surface area contributed by atoms with Crippen LogP contribution in [-0.2, 0) is 11.3 Å². The number of hydrogen-bond donors (Lipinski definition) is 1. The van der Waals surface area contributed by atoms with Gasteiger partial charge in [0.15, 0.2) is 5.65 Å². The quantitative estimate of drug-likeness (QED) is 0.561. The van der Waals surface area contributed by atoms with Gasteiger partial charge in [-0.15, -0.1) is 11.3 Å². The summed E-state index contributed by atoms with van der Waals surface area (Å²) in [6, 6.07) is 1.76. The van der Waals surface area contributed by atoms with E-state index in [1.54, 1.807) is 22.4 Å². The third kappa shape index (κ3) is 4.16. The summed E-state index contributed by atoms with van der Waals surface area (Å²) in [7, 11) is 0. The van der Waals surface area contributed by atoms with Gasteiger partial charge >= 0.3 is 6.09 Å². The highest BCUT2D eigenvalue weighted by molar-refractivity contribution is 9.10. The van der Waals surface area contributed by atoms with Gasteiger partial charge in [-0.3, -0.25) is 9.69 Å². The maximum Gasteiger partial charge on any atom is 0.413 e. The molecule has 170 valence electrons. The molecule has 10 nitrogen and oxygen atoms in total. The summed E-state index contributed by atoms with van der Waals surface area (Å²) in [6.07, 6.45) is -1.08. The molecule has 1 saturated heterocycles. The molecule has 2 amide bonds. The molecular weight excluding hydrogens is 498 g/mol. The minimum atomic E-state index is -1.08. The van der Waals surface area contributed by atoms with Crippen molar-refractivity contribution in [2.24, 2.45) is 0 Å². The number of fused-ring (bicyclic) bond motifs is 1. The van der Waals surface area contributed by atoms with E-state index in [2.05, 4.69) is 30.9 Å². The molecule has 0 spiro atoms. The van der Waals surface area contributed by atoms with Gasteiger partial charge in [-0.05, 0) is 36.7 Å². The molecule has 0 unspecified atom stereocenters. The first-order valence-electron chi connectivity index (χ1n) is 10.2. The number of nitrogens with zero attached hydrogens (tertiary/aromatic N) is 7. The number of amides is 2. The summed E-state index contributed by atoms with van der Waals surface area (Å²) in [5, 5.41) is 15.5. The fraction of sp³-hybridized carbons (Fsp3) is 0.450. The van der Waals surface area contributed by atoms with Crippen molar-refractivity contribution in [1.82, 2.24) is 24.5 Å². The molecule has 32 heavy (non-hydrogen) atoms. The van der Waals surface area contributed by atoms with Crippen LogP contribution >= 0.6 is 27.3 Å². The predicted molar refractivity (Wildman–Crippen MR) is 126 cm³/mol. The molecule has 0 saturated carbocycles. The van der Waals surface area contributed by atoms with Gasteiger partial charge in [-0.25, -0.2) is 14.8 Å². The van der Waals surface area contributed by atoms with Crippen LogP contribution < -0.4 is 9.80 Å². The fourth-order valence-electron chi connectivity index (χ4n) is 3.78. The fourth-order valence-corrected chi connectivity index (χ4v) is 5.05. The molecule has 1 aliphatic rings. The molecule has 1 N–H and O–H groups in total. The second-order valence-corrected chi connectivity index (χ2v) is 9.79. The first kappa shape index (κ1) is 22.5. The maximum atomic E-state index is 12.3. The number of thiazole rings is 1. The van der Waals surface area contributed by atoms with Crippen molar-refractivity contribution < 1.29 is 14.7 Å². The first-order valence-corrected chi connectivity index (χ1v) is 11.8. The van der Waals surface area contributed by atoms with Crippen LogP contribution in [0.1, 0.15) is 28.2 Å². The summed E-state index contributed by atoms with van der Waals surface area (Å²) >= 11 is 5.03. The van der Waals surface area contributed by atoms with Gasteiger partial charge in [0.05, 0.1) is 27.4 Å². The average Bonchev–Trinajstić information content (AvgIpc) is 3.22. The molecule has 0 radical (unpaired) electrons. The lowest BCUT2D eigenvalue weighted by Gasteiger charge is -2.35. The molecule has 3 aromatic heterocycles. The van der Waals surface area contributed by atoms with E-state index < -0.39 is 6.09 Å². The van der Waals surface area contributed by atoms with E-state index in [-0.39, 0.29) is 12.5 Å². The van der Waals surface area contributed by atoms with Gasteiger partial charge in [0.1, 0.15) is 11.6 Å². The maximum absolute atomic E-state index is 12.3. The van der Waals surface area contributed by atoms with Gasteiger partial charge in [0, 0.05) is 44.0 Å². The van der Waals surface area contributed by atoms with Gasteiger partial charge in [-0.2, -0.15) is 9.61 Å². The molecule has 1 fully saturated rings. The zero-order chi connectivity index (χ0) is 23.2. The van der Waals surface area contributed by atoms with Crippen LogP contribution in [0.5, 0.6) is 0 Å². The van der Waals surface area contributed by atoms with Crippen LogP contribution in [0.15, 0.2) is 10.5 Å². The van der Waals surface area contributed by atoms with Crippen molar-refractivity contribution in [2.45, 2.75) is 34.2 Å². The van der Waals surface area contributed by atoms with E-state index in [1.165, 1.54) is 16.2 Å². The molecule has 0 aromatic carbocycles. The highest BCUT2D eigenvalue weighted by Crippen LogP contribution is 2.31. The standard InChI is InChI=1S/C20H24BrN7O3S/c1-11-15(32-13(3)22-11)10-27(20(30)31)17-9-16(23-19-18(21)12(2)24-28(17)19)26-7-5-25(6-8-26)14(4)29/h9H,5-8,10H2,1-4H3,(H,30,31). The van der Waals surface area contributed by atoms with E-state index in [4.69, 9.17) is 4.98 Å². The van der Waals surface area contributed by atoms with E-state index in [1.807, 2.05) is 20.8 Å². The number of aryl methyl sites for hydroxylation is 3. The van der Waals surface area contributed by atoms with E-state index in [0.717, 1.165) is 20.1 Å². The number of rotatable bonds is 4. The van der Waals surface area contributed by atoms with Gasteiger partial charge in [0.25, 0.3) is 0 Å². The van der Waals surface area contributed by atoms with E-state index >= 15 is 0 Å². The monoisotopic (exact) mass is 521 g/mol. The number of carbonyl (C=O) groups excluding carboxylic acids is 1. The summed E-state index contributed by atoms with van der Waals surface area (Å²) in [4.78, 5) is 39.3. The predicted octanol–water partition coefficient (Wildman–Crippen LogP) is 3.23. The topological polar surface area (TPSA) is 107 Å². The van der Waals surface area contributed by atoms with Crippen LogP contribution in [0.3, 0.4) is 0 Å². The summed E-state index contributed by atoms with van der Waals surface area (Å²) in [6.45, 7) is 9.80. The van der Waals surface area contributed by atoms with Gasteiger partial charge < -0.3 is 14.9 Å². The van der Waals surface area contributed by atoms with Crippen molar-refractivity contribution in [1.29, 1.82) is 0 Å². The third-order valence-electron chi connectivity index (χ3n) is 5.52. The highest BCUT2D eigenvalue weighted by Gasteiger charge is 2.26. The molecule has 1 aliphatic heterocycles. The van der Waals surface area contributed by atoms with Crippen LogP contribution in [-0.4, -0.2) is 67.8 Å². The minimum Gasteiger partial charge on any atom is -0.465 e. The lowest BCUT2D eigenvalue weighted by molar-refractivity contribution is -0.129. The Kier molecular flexibility index (Phi) is 6.08. The van der Waals surface area contributed by atoms with Crippen molar-refractivity contribution in [2.75, 3.05) is 36.0 Å². The Morgan fingerprint density at radius 3 is 2.41 bits per heavy atom. The highest BCUT2D eigenvalue weighted by atomic mass is 79.9. The van der Waals surface area contributed by atoms with E-state index in [0.29, 0.717) is 49.2 Å². The largest absolute Gasteiger partial charge is 0.465 e. The number of hydrogen-bond acceptors (Lipinski definition) is 7. The first-order chi connectivity index (χ1) is 15.2. The lowest BCUT2D eigenvalue weighted by atomic mass is 10.3. The molecule has 0 aliphatic carbocycles. The third-order valence-corrected chi connectivity index (χ3v) is 7.50. The molecule has 12 heteroatoms. The Morgan fingerprint density at radius 1 is 1.16 bits per heavy atom. The number of piperazine rings is 1. The van der Waals surface area contributed by atoms with Crippen molar-refractivity contribution in [3.63, 3.8) is 0 Å². The SMILES string of the molecule is CC(=O)N1CCN(c2cc(N(Cc3sc(C)nc3C)C(=O)O)n3nc(C)c(Br)c3n2)CC1. The second kappa shape index (κ2) is 8.66. The summed E-state index contributed by atoms with van der Waals surface area (Å²) < 4.78 is 2.28. The Bertz CT molecular complexity index is 1200. The van der Waals surface area contributed by atoms with Crippen LogP contribution in [0, 0.1) is 20.8 Å². The number of carbonyl (C=O) groups is 2. The van der Waals surface area contributed by atoms with Crippen molar-refractivity contribution >= 4 is 56.6 Å². The van der Waals surface area contributed by atoms with Crippen molar-refractivity contribution in [3.8, 4) is 0 Å². The smallest absolute Gasteiger partial charge is 0.413 e. The van der Waals surface area contributed by atoms with Gasteiger partial charge in [-0.1, -0.05) is 0 Å². The van der Waals surface area contributed by atoms with Crippen LogP contribution in [0.2, 0.25) is 0 Å². The zero-order valence-electron chi connectivity index (χ0n) is 18.3. The number of halogens is 1. The Balaban J connectivity index is 1.78. The average molecular weight is 522 g/mol. The molecular formula is C20H24BrN7O3S. The molecule has 3 aromatic rings. The number of carboxylic acid groups (broad SMARTS) is 1. The number of aromatic nitrogens is 4. The summed E-state index contributed by atoms with van der Waals surface area (Å²) in [5.74, 6) is 1.11. The zero-order valence-corrected chi connectivity index (χ0v) is 20.7. The second-order valence-electron chi connectivity index (χ2n) is 7.71. The number of anilines is 2. The Hall–Kier alpha value is -2.73. The Morgan fingerprint density at radius 2 is 1.84 bits per heavy atom. The Labute approximate surface area is 197 Å². The molecule has 4 rings (SSSR count). The van der Waals surface area contributed by atoms with Crippen LogP contribution in [0.25, 0.3) is 5.65 Å². The summed E-state index contributed by atoms with van der Waals surface area (Å²) in [5.41, 5.74) is 2.09. The van der Waals surface area contributed by atoms with E-state index in [9.17, 15) is 14.7 Å². The van der Waals surface area contributed by atoms with Gasteiger partial charge in [0.2, 0.25) is 5.91 Å². The van der Waals surface area contributed by atoms with Crippen LogP contribution in [0.4, 0.5) is 16.4 Å². The molecule has 4 heterocycles. The molecule has 0 atom stereocenters. The normalized spacial score (nSPS) is 14.3. The molecule has 0 bridgehead atoms. The minimum absolute atomic E-state index is 0.0511.